The first kappa shape index (κ1) is 18.8. The Morgan fingerprint density at radius 1 is 0.448 bits per heavy atom. The minimum absolute atomic E-state index is 1.15. The molecule has 0 aromatic heterocycles. The van der Waals surface area contributed by atoms with Gasteiger partial charge in [0.1, 0.15) is 0 Å². The van der Waals surface area contributed by atoms with Crippen LogP contribution in [0.2, 0.25) is 0 Å². The molecule has 0 spiro atoms. The van der Waals surface area contributed by atoms with Gasteiger partial charge in [0, 0.05) is 17.1 Å². The van der Waals surface area contributed by atoms with Gasteiger partial charge in [-0.15, -0.1) is 0 Å². The Labute approximate surface area is 173 Å². The van der Waals surface area contributed by atoms with Crippen LogP contribution in [0.3, 0.4) is 0 Å². The topological polar surface area (TPSA) is 3.24 Å². The van der Waals surface area contributed by atoms with E-state index < -0.39 is 0 Å². The SMILES string of the molecule is Cc1ccc(N(c2ccc(C)cc2)c2ccc(/C=C\c3ccccc3)cc2)cc1. The molecule has 4 aromatic carbocycles. The maximum absolute atomic E-state index is 2.30. The molecule has 4 rings (SSSR count). The van der Waals surface area contributed by atoms with E-state index in [1.54, 1.807) is 0 Å². The first-order valence-electron chi connectivity index (χ1n) is 9.96. The average Bonchev–Trinajstić information content (AvgIpc) is 2.77. The van der Waals surface area contributed by atoms with E-state index in [9.17, 15) is 0 Å². The van der Waals surface area contributed by atoms with Crippen molar-refractivity contribution in [1.29, 1.82) is 0 Å². The minimum atomic E-state index is 1.15. The molecule has 0 amide bonds. The molecule has 0 aliphatic carbocycles. The van der Waals surface area contributed by atoms with Crippen molar-refractivity contribution in [2.45, 2.75) is 13.8 Å². The molecule has 0 saturated carbocycles. The zero-order valence-corrected chi connectivity index (χ0v) is 16.9. The van der Waals surface area contributed by atoms with Crippen LogP contribution in [0.5, 0.6) is 0 Å². The molecule has 0 fully saturated rings. The summed E-state index contributed by atoms with van der Waals surface area (Å²) in [7, 11) is 0. The largest absolute Gasteiger partial charge is 0.311 e. The van der Waals surface area contributed by atoms with E-state index in [1.807, 2.05) is 6.07 Å². The van der Waals surface area contributed by atoms with Crippen molar-refractivity contribution in [2.75, 3.05) is 4.90 Å². The Hall–Kier alpha value is -3.58. The van der Waals surface area contributed by atoms with E-state index >= 15 is 0 Å². The van der Waals surface area contributed by atoms with Gasteiger partial charge < -0.3 is 4.90 Å². The summed E-state index contributed by atoms with van der Waals surface area (Å²) < 4.78 is 0. The summed E-state index contributed by atoms with van der Waals surface area (Å²) in [6.07, 6.45) is 4.30. The molecule has 0 N–H and O–H groups in total. The maximum Gasteiger partial charge on any atom is 0.0462 e. The second-order valence-electron chi connectivity index (χ2n) is 7.34. The quantitative estimate of drug-likeness (QED) is 0.320. The smallest absolute Gasteiger partial charge is 0.0462 e. The number of benzene rings is 4. The van der Waals surface area contributed by atoms with Gasteiger partial charge in [0.25, 0.3) is 0 Å². The molecule has 4 aromatic rings. The zero-order valence-electron chi connectivity index (χ0n) is 16.9. The number of nitrogens with zero attached hydrogens (tertiary/aromatic N) is 1. The lowest BCUT2D eigenvalue weighted by atomic mass is 10.1. The molecule has 0 radical (unpaired) electrons. The van der Waals surface area contributed by atoms with Crippen molar-refractivity contribution in [2.24, 2.45) is 0 Å². The number of anilines is 3. The Balaban J connectivity index is 1.66. The standard InChI is InChI=1S/C28H25N/c1-22-8-16-26(17-9-22)29(27-18-10-23(2)11-19-27)28-20-14-25(15-21-28)13-12-24-6-4-3-5-7-24/h3-21H,1-2H3/b13-12-. The third-order valence-corrected chi connectivity index (χ3v) is 5.00. The summed E-state index contributed by atoms with van der Waals surface area (Å²) in [6.45, 7) is 4.24. The van der Waals surface area contributed by atoms with E-state index in [-0.39, 0.29) is 0 Å². The number of rotatable bonds is 5. The van der Waals surface area contributed by atoms with E-state index in [4.69, 9.17) is 0 Å². The van der Waals surface area contributed by atoms with Crippen molar-refractivity contribution in [3.63, 3.8) is 0 Å². The molecule has 0 saturated heterocycles. The Morgan fingerprint density at radius 2 is 0.828 bits per heavy atom. The van der Waals surface area contributed by atoms with Gasteiger partial charge in [-0.25, -0.2) is 0 Å². The van der Waals surface area contributed by atoms with Crippen molar-refractivity contribution in [3.05, 3.63) is 125 Å². The molecule has 1 heteroatoms. The molecule has 142 valence electrons. The third-order valence-electron chi connectivity index (χ3n) is 5.00. The van der Waals surface area contributed by atoms with Crippen molar-refractivity contribution in [1.82, 2.24) is 0 Å². The van der Waals surface area contributed by atoms with E-state index in [2.05, 4.69) is 128 Å². The molecular weight excluding hydrogens is 350 g/mol. The van der Waals surface area contributed by atoms with Crippen molar-refractivity contribution < 1.29 is 0 Å². The zero-order chi connectivity index (χ0) is 20.1. The molecule has 0 atom stereocenters. The van der Waals surface area contributed by atoms with Crippen molar-refractivity contribution in [3.8, 4) is 0 Å². The van der Waals surface area contributed by atoms with Gasteiger partial charge in [-0.1, -0.05) is 90.0 Å². The lowest BCUT2D eigenvalue weighted by Crippen LogP contribution is -2.09. The minimum Gasteiger partial charge on any atom is -0.311 e. The fraction of sp³-hybridized carbons (Fsp3) is 0.0714. The van der Waals surface area contributed by atoms with Crippen LogP contribution in [0.1, 0.15) is 22.3 Å². The fourth-order valence-corrected chi connectivity index (χ4v) is 3.33. The average molecular weight is 376 g/mol. The van der Waals surface area contributed by atoms with E-state index in [0.717, 1.165) is 17.1 Å². The van der Waals surface area contributed by atoms with E-state index in [0.29, 0.717) is 0 Å². The number of hydrogen-bond donors (Lipinski definition) is 0. The van der Waals surface area contributed by atoms with Gasteiger partial charge in [0.15, 0.2) is 0 Å². The summed E-state index contributed by atoms with van der Waals surface area (Å²) in [4.78, 5) is 2.30. The Bertz CT molecular complexity index is 1030. The second-order valence-corrected chi connectivity index (χ2v) is 7.34. The molecule has 29 heavy (non-hydrogen) atoms. The summed E-state index contributed by atoms with van der Waals surface area (Å²) >= 11 is 0. The molecule has 1 nitrogen and oxygen atoms in total. The van der Waals surface area contributed by atoms with Crippen LogP contribution in [0, 0.1) is 13.8 Å². The summed E-state index contributed by atoms with van der Waals surface area (Å²) in [5.74, 6) is 0. The highest BCUT2D eigenvalue weighted by atomic mass is 15.1. The van der Waals surface area contributed by atoms with Gasteiger partial charge in [-0.2, -0.15) is 0 Å². The van der Waals surface area contributed by atoms with Crippen LogP contribution in [0.15, 0.2) is 103 Å². The lowest BCUT2D eigenvalue weighted by molar-refractivity contribution is 1.27. The molecule has 0 heterocycles. The highest BCUT2D eigenvalue weighted by molar-refractivity contribution is 5.78. The van der Waals surface area contributed by atoms with Crippen LogP contribution in [-0.4, -0.2) is 0 Å². The highest BCUT2D eigenvalue weighted by Crippen LogP contribution is 2.34. The van der Waals surface area contributed by atoms with Crippen LogP contribution in [0.25, 0.3) is 12.2 Å². The Morgan fingerprint density at radius 3 is 1.28 bits per heavy atom. The lowest BCUT2D eigenvalue weighted by Gasteiger charge is -2.25. The molecule has 0 aliphatic rings. The third kappa shape index (κ3) is 4.64. The first-order chi connectivity index (χ1) is 14.2. The van der Waals surface area contributed by atoms with Gasteiger partial charge in [0.05, 0.1) is 0 Å². The Kier molecular flexibility index (Phi) is 5.58. The number of aryl methyl sites for hydroxylation is 2. The summed E-state index contributed by atoms with van der Waals surface area (Å²) in [5.41, 5.74) is 8.38. The maximum atomic E-state index is 2.30. The highest BCUT2D eigenvalue weighted by Gasteiger charge is 2.11. The first-order valence-corrected chi connectivity index (χ1v) is 9.96. The van der Waals surface area contributed by atoms with Crippen molar-refractivity contribution >= 4 is 29.2 Å². The predicted octanol–water partition coefficient (Wildman–Crippen LogP) is 7.94. The van der Waals surface area contributed by atoms with Crippen LogP contribution < -0.4 is 4.90 Å². The molecule has 0 aliphatic heterocycles. The molecule has 0 unspecified atom stereocenters. The van der Waals surface area contributed by atoms with E-state index in [1.165, 1.54) is 22.3 Å². The van der Waals surface area contributed by atoms with Crippen LogP contribution in [0.4, 0.5) is 17.1 Å². The van der Waals surface area contributed by atoms with Gasteiger partial charge >= 0.3 is 0 Å². The summed E-state index contributed by atoms with van der Waals surface area (Å²) in [6, 6.07) is 36.5. The van der Waals surface area contributed by atoms with Gasteiger partial charge in [-0.05, 0) is 61.4 Å². The molecule has 0 bridgehead atoms. The van der Waals surface area contributed by atoms with Crippen LogP contribution >= 0.6 is 0 Å². The monoisotopic (exact) mass is 375 g/mol. The van der Waals surface area contributed by atoms with Gasteiger partial charge in [0.2, 0.25) is 0 Å². The number of hydrogen-bond acceptors (Lipinski definition) is 1. The molecular formula is C28H25N. The summed E-state index contributed by atoms with van der Waals surface area (Å²) in [5, 5.41) is 0. The predicted molar refractivity (Wildman–Crippen MR) is 126 cm³/mol. The fourth-order valence-electron chi connectivity index (χ4n) is 3.33. The van der Waals surface area contributed by atoms with Gasteiger partial charge in [-0.3, -0.25) is 0 Å². The normalized spacial score (nSPS) is 11.0. The second kappa shape index (κ2) is 8.62. The van der Waals surface area contributed by atoms with Crippen LogP contribution in [-0.2, 0) is 0 Å².